The molecule has 0 spiro atoms. The number of hydrogen-bond donors (Lipinski definition) is 2. The lowest BCUT2D eigenvalue weighted by Crippen LogP contribution is -2.27. The van der Waals surface area contributed by atoms with E-state index in [1.165, 1.54) is 12.1 Å². The van der Waals surface area contributed by atoms with Gasteiger partial charge >= 0.3 is 5.97 Å². The van der Waals surface area contributed by atoms with Crippen molar-refractivity contribution in [1.29, 1.82) is 0 Å². The fraction of sp³-hybridized carbons (Fsp3) is 0.259. The molecular weight excluding hydrogens is 449 g/mol. The topological polar surface area (TPSA) is 87.7 Å². The number of carboxylic acid groups (broad SMARTS) is 1. The van der Waals surface area contributed by atoms with E-state index in [4.69, 9.17) is 14.5 Å². The van der Waals surface area contributed by atoms with Gasteiger partial charge in [0.1, 0.15) is 17.3 Å². The van der Waals surface area contributed by atoms with Crippen molar-refractivity contribution in [2.24, 2.45) is 0 Å². The number of aliphatic carboxylic acids is 1. The number of benzene rings is 3. The Morgan fingerprint density at radius 3 is 2.63 bits per heavy atom. The van der Waals surface area contributed by atoms with Crippen LogP contribution in [0, 0.1) is 5.82 Å². The molecule has 7 nitrogen and oxygen atoms in total. The van der Waals surface area contributed by atoms with Gasteiger partial charge in [0, 0.05) is 13.1 Å². The number of carboxylic acids is 1. The highest BCUT2D eigenvalue weighted by Gasteiger charge is 2.17. The number of para-hydroxylation sites is 2. The molecule has 0 saturated heterocycles. The molecule has 1 heterocycles. The minimum atomic E-state index is -0.983. The zero-order valence-corrected chi connectivity index (χ0v) is 19.5. The number of nitrogens with one attached hydrogen (secondary N) is 1. The van der Waals surface area contributed by atoms with Gasteiger partial charge in [0.25, 0.3) is 0 Å². The van der Waals surface area contributed by atoms with Crippen LogP contribution in [0.25, 0.3) is 11.0 Å². The first-order chi connectivity index (χ1) is 17.0. The van der Waals surface area contributed by atoms with Crippen molar-refractivity contribution in [3.05, 3.63) is 84.2 Å². The lowest BCUT2D eigenvalue weighted by atomic mass is 10.2. The van der Waals surface area contributed by atoms with Crippen LogP contribution in [0.5, 0.6) is 11.5 Å². The number of carbonyl (C=O) groups is 1. The highest BCUT2D eigenvalue weighted by atomic mass is 19.1. The van der Waals surface area contributed by atoms with Crippen LogP contribution in [-0.4, -0.2) is 40.3 Å². The minimum Gasteiger partial charge on any atom is -0.494 e. The number of hydrogen-bond acceptors (Lipinski definition) is 5. The molecule has 1 unspecified atom stereocenters. The zero-order valence-electron chi connectivity index (χ0n) is 19.5. The zero-order chi connectivity index (χ0) is 24.6. The summed E-state index contributed by atoms with van der Waals surface area (Å²) in [6.07, 6.45) is 0.195. The summed E-state index contributed by atoms with van der Waals surface area (Å²) in [5.74, 6) is 0.587. The van der Waals surface area contributed by atoms with Crippen LogP contribution in [0.3, 0.4) is 0 Å². The van der Waals surface area contributed by atoms with Gasteiger partial charge in [-0.2, -0.15) is 0 Å². The van der Waals surface area contributed by atoms with Crippen molar-refractivity contribution in [2.75, 3.05) is 18.1 Å². The molecule has 182 valence electrons. The Kier molecular flexibility index (Phi) is 7.82. The molecule has 3 aromatic carbocycles. The van der Waals surface area contributed by atoms with Gasteiger partial charge in [-0.25, -0.2) is 14.2 Å². The molecule has 4 rings (SSSR count). The summed E-state index contributed by atoms with van der Waals surface area (Å²) in [6.45, 7) is 3.43. The SMILES string of the molecule is CCC(Oc1cccc(CN(CCCOc2ccc(F)cc2)c2nc3ccccc3[nH]2)c1)C(=O)O. The van der Waals surface area contributed by atoms with Crippen molar-refractivity contribution >= 4 is 23.0 Å². The predicted molar refractivity (Wildman–Crippen MR) is 132 cm³/mol. The maximum atomic E-state index is 13.1. The van der Waals surface area contributed by atoms with Gasteiger partial charge < -0.3 is 24.5 Å². The first kappa shape index (κ1) is 24.1. The number of imidazole rings is 1. The molecule has 1 aromatic heterocycles. The van der Waals surface area contributed by atoms with E-state index in [-0.39, 0.29) is 5.82 Å². The molecule has 35 heavy (non-hydrogen) atoms. The molecule has 0 radical (unpaired) electrons. The number of aromatic nitrogens is 2. The third-order valence-electron chi connectivity index (χ3n) is 5.53. The van der Waals surface area contributed by atoms with Gasteiger partial charge in [0.05, 0.1) is 17.6 Å². The largest absolute Gasteiger partial charge is 0.494 e. The van der Waals surface area contributed by atoms with Crippen molar-refractivity contribution in [3.63, 3.8) is 0 Å². The molecule has 0 bridgehead atoms. The van der Waals surface area contributed by atoms with Gasteiger partial charge in [0.2, 0.25) is 5.95 Å². The van der Waals surface area contributed by atoms with Crippen LogP contribution in [0.2, 0.25) is 0 Å². The van der Waals surface area contributed by atoms with Crippen LogP contribution in [-0.2, 0) is 11.3 Å². The fourth-order valence-electron chi connectivity index (χ4n) is 3.74. The van der Waals surface area contributed by atoms with E-state index in [9.17, 15) is 14.3 Å². The van der Waals surface area contributed by atoms with Crippen LogP contribution in [0.15, 0.2) is 72.8 Å². The summed E-state index contributed by atoms with van der Waals surface area (Å²) in [7, 11) is 0. The van der Waals surface area contributed by atoms with Crippen molar-refractivity contribution in [1.82, 2.24) is 9.97 Å². The highest BCUT2D eigenvalue weighted by Crippen LogP contribution is 2.22. The first-order valence-corrected chi connectivity index (χ1v) is 11.6. The van der Waals surface area contributed by atoms with Gasteiger partial charge in [-0.15, -0.1) is 0 Å². The third kappa shape index (κ3) is 6.50. The van der Waals surface area contributed by atoms with Crippen molar-refractivity contribution < 1.29 is 23.8 Å². The summed E-state index contributed by atoms with van der Waals surface area (Å²) >= 11 is 0. The Labute approximate surface area is 203 Å². The fourth-order valence-corrected chi connectivity index (χ4v) is 3.74. The summed E-state index contributed by atoms with van der Waals surface area (Å²) in [5, 5.41) is 9.31. The predicted octanol–water partition coefficient (Wildman–Crippen LogP) is 5.42. The Balaban J connectivity index is 1.47. The van der Waals surface area contributed by atoms with Gasteiger partial charge in [0.15, 0.2) is 6.10 Å². The number of ether oxygens (including phenoxy) is 2. The average molecular weight is 478 g/mol. The second kappa shape index (κ2) is 11.4. The molecule has 8 heteroatoms. The molecule has 0 aliphatic carbocycles. The molecule has 1 atom stereocenters. The number of aromatic amines is 1. The third-order valence-corrected chi connectivity index (χ3v) is 5.53. The monoisotopic (exact) mass is 477 g/mol. The van der Waals surface area contributed by atoms with E-state index in [0.717, 1.165) is 22.5 Å². The molecule has 0 aliphatic heterocycles. The molecule has 0 amide bonds. The van der Waals surface area contributed by atoms with E-state index in [1.807, 2.05) is 42.5 Å². The van der Waals surface area contributed by atoms with Crippen molar-refractivity contribution in [2.45, 2.75) is 32.4 Å². The standard InChI is InChI=1S/C27H28FN3O4/c1-2-25(26(32)33)35-22-8-5-7-19(17-22)18-31(27-29-23-9-3-4-10-24(23)30-27)15-6-16-34-21-13-11-20(28)12-14-21/h3-5,7-14,17,25H,2,6,15-16,18H2,1H3,(H,29,30)(H,32,33). The number of nitrogens with zero attached hydrogens (tertiary/aromatic N) is 2. The lowest BCUT2D eigenvalue weighted by molar-refractivity contribution is -0.145. The van der Waals surface area contributed by atoms with Crippen LogP contribution in [0.1, 0.15) is 25.3 Å². The van der Waals surface area contributed by atoms with E-state index >= 15 is 0 Å². The van der Waals surface area contributed by atoms with Crippen LogP contribution >= 0.6 is 0 Å². The maximum Gasteiger partial charge on any atom is 0.344 e. The molecule has 2 N–H and O–H groups in total. The Morgan fingerprint density at radius 2 is 1.89 bits per heavy atom. The van der Waals surface area contributed by atoms with E-state index in [2.05, 4.69) is 9.88 Å². The summed E-state index contributed by atoms with van der Waals surface area (Å²) in [6, 6.07) is 21.2. The number of H-pyrrole nitrogens is 1. The highest BCUT2D eigenvalue weighted by molar-refractivity contribution is 5.77. The van der Waals surface area contributed by atoms with Crippen molar-refractivity contribution in [3.8, 4) is 11.5 Å². The smallest absolute Gasteiger partial charge is 0.344 e. The Hall–Kier alpha value is -4.07. The molecular formula is C27H28FN3O4. The molecule has 0 saturated carbocycles. The molecule has 4 aromatic rings. The number of rotatable bonds is 12. The number of fused-ring (bicyclic) bond motifs is 1. The lowest BCUT2D eigenvalue weighted by Gasteiger charge is -2.23. The Morgan fingerprint density at radius 1 is 1.09 bits per heavy atom. The number of halogens is 1. The Bertz CT molecular complexity index is 1230. The van der Waals surface area contributed by atoms with Gasteiger partial charge in [-0.1, -0.05) is 31.2 Å². The first-order valence-electron chi connectivity index (χ1n) is 11.6. The molecule has 0 fully saturated rings. The van der Waals surface area contributed by atoms with E-state index in [1.54, 1.807) is 25.1 Å². The second-order valence-electron chi connectivity index (χ2n) is 8.16. The van der Waals surface area contributed by atoms with E-state index in [0.29, 0.717) is 44.0 Å². The number of anilines is 1. The summed E-state index contributed by atoms with van der Waals surface area (Å²) in [5.41, 5.74) is 2.78. The average Bonchev–Trinajstić information content (AvgIpc) is 3.30. The molecule has 0 aliphatic rings. The van der Waals surface area contributed by atoms with Gasteiger partial charge in [-0.05, 0) is 66.9 Å². The van der Waals surface area contributed by atoms with Gasteiger partial charge in [-0.3, -0.25) is 0 Å². The van der Waals surface area contributed by atoms with E-state index < -0.39 is 12.1 Å². The maximum absolute atomic E-state index is 13.1. The second-order valence-corrected chi connectivity index (χ2v) is 8.16. The van der Waals surface area contributed by atoms with Crippen LogP contribution in [0.4, 0.5) is 10.3 Å². The summed E-state index contributed by atoms with van der Waals surface area (Å²) < 4.78 is 24.5. The minimum absolute atomic E-state index is 0.298. The normalized spacial score (nSPS) is 11.8. The summed E-state index contributed by atoms with van der Waals surface area (Å²) in [4.78, 5) is 21.6. The quantitative estimate of drug-likeness (QED) is 0.265. The van der Waals surface area contributed by atoms with Crippen LogP contribution < -0.4 is 14.4 Å².